The molecule has 0 aliphatic carbocycles. The number of fused-ring (bicyclic) bond motifs is 2. The molecule has 43 heavy (non-hydrogen) atoms. The van der Waals surface area contributed by atoms with E-state index in [9.17, 15) is 38.3 Å². The molecule has 3 aromatic rings. The Kier molecular flexibility index (Phi) is 7.69. The van der Waals surface area contributed by atoms with Gasteiger partial charge in [0.05, 0.1) is 28.3 Å². The maximum Gasteiger partial charge on any atom is 0.289 e. The number of halogens is 1. The van der Waals surface area contributed by atoms with Crippen molar-refractivity contribution in [2.24, 2.45) is 0 Å². The van der Waals surface area contributed by atoms with Crippen LogP contribution in [0.25, 0.3) is 0 Å². The largest absolute Gasteiger partial charge is 0.389 e. The van der Waals surface area contributed by atoms with E-state index in [1.807, 2.05) is 29.2 Å². The average Bonchev–Trinajstić information content (AvgIpc) is 3.23. The first-order valence-electron chi connectivity index (χ1n) is 13.5. The van der Waals surface area contributed by atoms with Crippen molar-refractivity contribution in [1.82, 2.24) is 14.1 Å². The summed E-state index contributed by atoms with van der Waals surface area (Å²) in [5, 5.41) is 33.4. The molecule has 14 heteroatoms. The lowest BCUT2D eigenvalue weighted by Crippen LogP contribution is -2.72. The molecule has 5 atom stereocenters. The summed E-state index contributed by atoms with van der Waals surface area (Å²) >= 11 is 3.43. The van der Waals surface area contributed by atoms with Gasteiger partial charge in [0, 0.05) is 54.7 Å². The van der Waals surface area contributed by atoms with Crippen LogP contribution >= 0.6 is 15.9 Å². The Morgan fingerprint density at radius 1 is 0.860 bits per heavy atom. The van der Waals surface area contributed by atoms with Gasteiger partial charge in [0.2, 0.25) is 10.0 Å². The number of imide groups is 1. The lowest BCUT2D eigenvalue weighted by Gasteiger charge is -2.58. The number of nitro benzene ring substituents is 1. The van der Waals surface area contributed by atoms with Crippen molar-refractivity contribution < 1.29 is 33.1 Å². The van der Waals surface area contributed by atoms with Crippen LogP contribution in [0.4, 0.5) is 5.69 Å². The highest BCUT2D eigenvalue weighted by Crippen LogP contribution is 2.44. The number of hydrogen-bond acceptors (Lipinski definition) is 9. The van der Waals surface area contributed by atoms with Crippen molar-refractivity contribution in [3.63, 3.8) is 0 Å². The number of amides is 2. The number of carbonyl (C=O) groups excluding carboxylic acids is 2. The summed E-state index contributed by atoms with van der Waals surface area (Å²) in [6, 6.07) is 17.9. The zero-order valence-electron chi connectivity index (χ0n) is 22.6. The standard InChI is InChI=1S/C29H27BrN4O8S/c30-18-11-9-17(10-12-18)27-22-13-31(43(41,42)26-8-4-3-7-21(26)34(39)40)15-24(35)25(36)16-32(22)23(27)14-33-28(37)19-5-1-2-6-20(19)29(33)38/h1-12,22-25,27,35-36H,13-16H2. The van der Waals surface area contributed by atoms with E-state index >= 15 is 0 Å². The highest BCUT2D eigenvalue weighted by atomic mass is 79.9. The van der Waals surface area contributed by atoms with Crippen LogP contribution in [0.15, 0.2) is 82.2 Å². The van der Waals surface area contributed by atoms with Crippen LogP contribution in [0.3, 0.4) is 0 Å². The molecular formula is C29H27BrN4O8S. The zero-order valence-corrected chi connectivity index (χ0v) is 25.0. The third-order valence-corrected chi connectivity index (χ3v) is 10.9. The van der Waals surface area contributed by atoms with E-state index < -0.39 is 68.2 Å². The monoisotopic (exact) mass is 670 g/mol. The quantitative estimate of drug-likeness (QED) is 0.228. The maximum absolute atomic E-state index is 13.9. The summed E-state index contributed by atoms with van der Waals surface area (Å²) in [4.78, 5) is 39.9. The van der Waals surface area contributed by atoms with Gasteiger partial charge in [0.1, 0.15) is 0 Å². The van der Waals surface area contributed by atoms with Gasteiger partial charge in [-0.15, -0.1) is 0 Å². The van der Waals surface area contributed by atoms with Crippen LogP contribution in [-0.2, 0) is 10.0 Å². The molecule has 3 aliphatic heterocycles. The Labute approximate surface area is 255 Å². The molecule has 2 saturated heterocycles. The van der Waals surface area contributed by atoms with Crippen molar-refractivity contribution in [2.75, 3.05) is 26.2 Å². The van der Waals surface area contributed by atoms with Crippen molar-refractivity contribution >= 4 is 43.5 Å². The summed E-state index contributed by atoms with van der Waals surface area (Å²) in [7, 11) is -4.49. The minimum Gasteiger partial charge on any atom is -0.389 e. The van der Waals surface area contributed by atoms with Gasteiger partial charge >= 0.3 is 0 Å². The molecule has 224 valence electrons. The van der Waals surface area contributed by atoms with Gasteiger partial charge in [-0.25, -0.2) is 8.42 Å². The molecule has 0 spiro atoms. The van der Waals surface area contributed by atoms with Crippen molar-refractivity contribution in [1.29, 1.82) is 0 Å². The highest BCUT2D eigenvalue weighted by Gasteiger charge is 2.54. The van der Waals surface area contributed by atoms with E-state index in [4.69, 9.17) is 0 Å². The van der Waals surface area contributed by atoms with Crippen molar-refractivity contribution in [3.8, 4) is 0 Å². The summed E-state index contributed by atoms with van der Waals surface area (Å²) < 4.78 is 29.5. The molecule has 12 nitrogen and oxygen atoms in total. The van der Waals surface area contributed by atoms with Crippen LogP contribution in [0.5, 0.6) is 0 Å². The fourth-order valence-electron chi connectivity index (χ4n) is 6.36. The van der Waals surface area contributed by atoms with Crippen LogP contribution in [-0.4, -0.2) is 99.9 Å². The van der Waals surface area contributed by atoms with Crippen molar-refractivity contribution in [2.45, 2.75) is 35.1 Å². The van der Waals surface area contributed by atoms with E-state index in [1.54, 1.807) is 24.3 Å². The Hall–Kier alpha value is -3.53. The second-order valence-corrected chi connectivity index (χ2v) is 13.7. The smallest absolute Gasteiger partial charge is 0.289 e. The Morgan fingerprint density at radius 2 is 1.44 bits per heavy atom. The maximum atomic E-state index is 13.9. The van der Waals surface area contributed by atoms with Gasteiger partial charge in [-0.3, -0.25) is 29.5 Å². The van der Waals surface area contributed by atoms with Gasteiger partial charge < -0.3 is 10.2 Å². The SMILES string of the molecule is O=C1c2ccccc2C(=O)N1CC1C(c2ccc(Br)cc2)C2CN(S(=O)(=O)c3ccccc3[N+](=O)[O-])CC(O)C(O)CN12. The number of sulfonamides is 1. The first kappa shape index (κ1) is 29.5. The van der Waals surface area contributed by atoms with Crippen LogP contribution in [0, 0.1) is 10.1 Å². The molecule has 0 aromatic heterocycles. The number of β-amino-alcohol motifs (C(OH)–C–C–N with tert-alkyl or cyclic N) is 1. The highest BCUT2D eigenvalue weighted by molar-refractivity contribution is 9.10. The summed E-state index contributed by atoms with van der Waals surface area (Å²) in [6.45, 7) is -0.692. The van der Waals surface area contributed by atoms with Crippen LogP contribution in [0.1, 0.15) is 32.2 Å². The number of rotatable bonds is 6. The number of nitrogens with zero attached hydrogens (tertiary/aromatic N) is 4. The molecule has 2 N–H and O–H groups in total. The first-order valence-corrected chi connectivity index (χ1v) is 15.8. The minimum atomic E-state index is -4.49. The predicted molar refractivity (Wildman–Crippen MR) is 157 cm³/mol. The number of hydrogen-bond donors (Lipinski definition) is 2. The number of aliphatic hydroxyl groups excluding tert-OH is 2. The van der Waals surface area contributed by atoms with Gasteiger partial charge in [-0.05, 0) is 35.9 Å². The third-order valence-electron chi connectivity index (χ3n) is 8.49. The fourth-order valence-corrected chi connectivity index (χ4v) is 8.25. The van der Waals surface area contributed by atoms with Crippen LogP contribution in [0.2, 0.25) is 0 Å². The molecule has 0 radical (unpaired) electrons. The van der Waals surface area contributed by atoms with Crippen LogP contribution < -0.4 is 0 Å². The number of para-hydroxylation sites is 1. The van der Waals surface area contributed by atoms with Gasteiger partial charge in [0.15, 0.2) is 4.90 Å². The van der Waals surface area contributed by atoms with Gasteiger partial charge in [0.25, 0.3) is 17.5 Å². The lowest BCUT2D eigenvalue weighted by molar-refractivity contribution is -0.387. The number of nitro groups is 1. The summed E-state index contributed by atoms with van der Waals surface area (Å²) in [5.74, 6) is -1.26. The fraction of sp³-hybridized carbons (Fsp3) is 0.310. The molecule has 0 bridgehead atoms. The topological polar surface area (TPSA) is 162 Å². The molecule has 5 unspecified atom stereocenters. The molecule has 0 saturated carbocycles. The van der Waals surface area contributed by atoms with E-state index in [0.717, 1.165) is 26.5 Å². The van der Waals surface area contributed by atoms with Gasteiger partial charge in [-0.2, -0.15) is 4.31 Å². The van der Waals surface area contributed by atoms with E-state index in [-0.39, 0.29) is 25.6 Å². The summed E-state index contributed by atoms with van der Waals surface area (Å²) in [5.41, 5.74) is 0.824. The molecule has 3 aromatic carbocycles. The van der Waals surface area contributed by atoms with E-state index in [1.165, 1.54) is 17.0 Å². The lowest BCUT2D eigenvalue weighted by atomic mass is 9.73. The Balaban J connectivity index is 1.38. The molecule has 2 fully saturated rings. The minimum absolute atomic E-state index is 0.0245. The second-order valence-electron chi connectivity index (χ2n) is 10.9. The number of aliphatic hydroxyl groups is 2. The normalized spacial score (nSPS) is 26.3. The Bertz CT molecular complexity index is 1680. The Morgan fingerprint density at radius 3 is 2.07 bits per heavy atom. The molecule has 3 heterocycles. The summed E-state index contributed by atoms with van der Waals surface area (Å²) in [6.07, 6.45) is -2.87. The van der Waals surface area contributed by atoms with Crippen molar-refractivity contribution in [3.05, 3.63) is 104 Å². The first-order chi connectivity index (χ1) is 20.5. The molecule has 3 aliphatic rings. The zero-order chi connectivity index (χ0) is 30.6. The van der Waals surface area contributed by atoms with Gasteiger partial charge in [-0.1, -0.05) is 52.3 Å². The molecular weight excluding hydrogens is 644 g/mol. The predicted octanol–water partition coefficient (Wildman–Crippen LogP) is 2.22. The second kappa shape index (κ2) is 11.2. The molecule has 2 amide bonds. The van der Waals surface area contributed by atoms with E-state index in [0.29, 0.717) is 11.1 Å². The number of benzene rings is 3. The number of carbonyl (C=O) groups is 2. The average molecular weight is 672 g/mol. The molecule has 6 rings (SSSR count). The van der Waals surface area contributed by atoms with E-state index in [2.05, 4.69) is 15.9 Å². The third kappa shape index (κ3) is 5.07.